The van der Waals surface area contributed by atoms with Gasteiger partial charge in [0.2, 0.25) is 0 Å². The summed E-state index contributed by atoms with van der Waals surface area (Å²) in [5.74, 6) is -2.08. The number of carboxylic acid groups (broad SMARTS) is 1. The number of hydrogen-bond acceptors (Lipinski definition) is 4. The molecule has 1 N–H and O–H groups in total. The maximum atomic E-state index is 13.9. The van der Waals surface area contributed by atoms with Crippen molar-refractivity contribution in [2.75, 3.05) is 6.61 Å². The molecule has 1 aliphatic rings. The van der Waals surface area contributed by atoms with E-state index in [1.165, 1.54) is 12.1 Å². The van der Waals surface area contributed by atoms with Crippen LogP contribution in [0, 0.1) is 18.6 Å². The van der Waals surface area contributed by atoms with Crippen LogP contribution in [0.4, 0.5) is 8.78 Å². The van der Waals surface area contributed by atoms with Crippen LogP contribution >= 0.6 is 0 Å². The average molecular weight is 521 g/mol. The summed E-state index contributed by atoms with van der Waals surface area (Å²) in [4.78, 5) is 17.3. The molecule has 0 unspecified atom stereocenters. The second-order valence-corrected chi connectivity index (χ2v) is 10.6. The smallest absolute Gasteiger partial charge is 0.337 e. The van der Waals surface area contributed by atoms with Crippen LogP contribution in [0.25, 0.3) is 22.2 Å². The molecule has 0 aliphatic carbocycles. The predicted octanol–water partition coefficient (Wildman–Crippen LogP) is 6.60. The van der Waals surface area contributed by atoms with E-state index < -0.39 is 29.3 Å². The van der Waals surface area contributed by atoms with Gasteiger partial charge in [-0.1, -0.05) is 12.1 Å². The summed E-state index contributed by atoms with van der Waals surface area (Å²) in [7, 11) is 0. The van der Waals surface area contributed by atoms with Crippen molar-refractivity contribution in [1.29, 1.82) is 0 Å². The lowest BCUT2D eigenvalue weighted by Crippen LogP contribution is -2.28. The van der Waals surface area contributed by atoms with Crippen LogP contribution in [0.5, 0.6) is 5.75 Å². The molecule has 6 nitrogen and oxygen atoms in total. The third kappa shape index (κ3) is 5.00. The fourth-order valence-corrected chi connectivity index (χ4v) is 5.03. The Morgan fingerprint density at radius 1 is 1.16 bits per heavy atom. The number of hydrogen-bond donors (Lipinski definition) is 1. The van der Waals surface area contributed by atoms with Crippen molar-refractivity contribution in [2.45, 2.75) is 58.8 Å². The standard InChI is InChI=1S/C30H30F2N2O4/c1-17-25(27(29(35)36)38-30(2,3)4)26(20-8-10-24-19(15-20)6-5-13-37-24)21-11-12-34(28(21)33-17)16-18-7-9-22(31)23(32)14-18/h7-12,14-15,27H,5-6,13,16H2,1-4H3,(H,35,36)/t27-/m0/s1. The van der Waals surface area contributed by atoms with Gasteiger partial charge in [0.25, 0.3) is 0 Å². The van der Waals surface area contributed by atoms with Gasteiger partial charge in [-0.3, -0.25) is 0 Å². The highest BCUT2D eigenvalue weighted by Gasteiger charge is 2.33. The Labute approximate surface area is 219 Å². The monoisotopic (exact) mass is 520 g/mol. The first-order chi connectivity index (χ1) is 18.0. The van der Waals surface area contributed by atoms with E-state index in [2.05, 4.69) is 6.07 Å². The SMILES string of the molecule is Cc1nc2c(ccn2Cc2ccc(F)c(F)c2)c(-c2ccc3c(c2)CCCO3)c1[C@H](OC(C)(C)C)C(=O)O. The molecule has 0 saturated carbocycles. The summed E-state index contributed by atoms with van der Waals surface area (Å²) >= 11 is 0. The van der Waals surface area contributed by atoms with Crippen LogP contribution in [0.2, 0.25) is 0 Å². The summed E-state index contributed by atoms with van der Waals surface area (Å²) in [6.45, 7) is 8.17. The number of rotatable bonds is 6. The molecular weight excluding hydrogens is 490 g/mol. The Kier molecular flexibility index (Phi) is 6.69. The number of nitrogens with zero attached hydrogens (tertiary/aromatic N) is 2. The second-order valence-electron chi connectivity index (χ2n) is 10.6. The van der Waals surface area contributed by atoms with E-state index in [-0.39, 0.29) is 6.54 Å². The molecule has 5 rings (SSSR count). The van der Waals surface area contributed by atoms with Crippen molar-refractivity contribution in [3.63, 3.8) is 0 Å². The normalized spacial score (nSPS) is 14.3. The quantitative estimate of drug-likeness (QED) is 0.310. The molecule has 1 atom stereocenters. The molecule has 1 aliphatic heterocycles. The van der Waals surface area contributed by atoms with Crippen molar-refractivity contribution >= 4 is 17.0 Å². The zero-order valence-corrected chi connectivity index (χ0v) is 21.8. The summed E-state index contributed by atoms with van der Waals surface area (Å²) < 4.78 is 41.1. The van der Waals surface area contributed by atoms with Gasteiger partial charge in [0, 0.05) is 34.9 Å². The minimum absolute atomic E-state index is 0.269. The molecule has 8 heteroatoms. The van der Waals surface area contributed by atoms with Crippen molar-refractivity contribution in [2.24, 2.45) is 0 Å². The Balaban J connectivity index is 1.73. The van der Waals surface area contributed by atoms with Crippen LogP contribution in [-0.4, -0.2) is 32.8 Å². The van der Waals surface area contributed by atoms with Gasteiger partial charge in [0.05, 0.1) is 12.2 Å². The highest BCUT2D eigenvalue weighted by Crippen LogP contribution is 2.41. The number of pyridine rings is 1. The van der Waals surface area contributed by atoms with E-state index >= 15 is 0 Å². The zero-order chi connectivity index (χ0) is 27.2. The van der Waals surface area contributed by atoms with Crippen molar-refractivity contribution in [3.8, 4) is 16.9 Å². The number of fused-ring (bicyclic) bond motifs is 2. The molecule has 0 spiro atoms. The first kappa shape index (κ1) is 25.9. The Morgan fingerprint density at radius 3 is 2.66 bits per heavy atom. The molecule has 2 aromatic heterocycles. The van der Waals surface area contributed by atoms with Crippen LogP contribution in [0.1, 0.15) is 55.7 Å². The van der Waals surface area contributed by atoms with Crippen molar-refractivity contribution in [3.05, 3.63) is 82.7 Å². The Hall–Kier alpha value is -3.78. The third-order valence-electron chi connectivity index (χ3n) is 6.63. The van der Waals surface area contributed by atoms with Crippen molar-refractivity contribution < 1.29 is 28.2 Å². The lowest BCUT2D eigenvalue weighted by molar-refractivity contribution is -0.160. The minimum atomic E-state index is -1.25. The molecule has 0 amide bonds. The highest BCUT2D eigenvalue weighted by atomic mass is 19.2. The largest absolute Gasteiger partial charge is 0.493 e. The molecule has 38 heavy (non-hydrogen) atoms. The predicted molar refractivity (Wildman–Crippen MR) is 140 cm³/mol. The summed E-state index contributed by atoms with van der Waals surface area (Å²) in [5.41, 5.74) is 4.11. The summed E-state index contributed by atoms with van der Waals surface area (Å²) in [6.07, 6.45) is 2.35. The maximum absolute atomic E-state index is 13.9. The van der Waals surface area contributed by atoms with Gasteiger partial charge in [-0.25, -0.2) is 18.6 Å². The Morgan fingerprint density at radius 2 is 1.95 bits per heavy atom. The molecule has 0 fully saturated rings. The van der Waals surface area contributed by atoms with Gasteiger partial charge in [0.15, 0.2) is 17.7 Å². The Bertz CT molecular complexity index is 1540. The summed E-state index contributed by atoms with van der Waals surface area (Å²) in [5, 5.41) is 11.0. The second kappa shape index (κ2) is 9.83. The van der Waals surface area contributed by atoms with Gasteiger partial charge in [-0.15, -0.1) is 0 Å². The highest BCUT2D eigenvalue weighted by molar-refractivity contribution is 5.98. The third-order valence-corrected chi connectivity index (χ3v) is 6.63. The molecule has 0 radical (unpaired) electrons. The van der Waals surface area contributed by atoms with Gasteiger partial charge < -0.3 is 19.1 Å². The number of aromatic nitrogens is 2. The number of halogens is 2. The molecule has 0 bridgehead atoms. The zero-order valence-electron chi connectivity index (χ0n) is 21.8. The fraction of sp³-hybridized carbons (Fsp3) is 0.333. The van der Waals surface area contributed by atoms with Gasteiger partial charge in [0.1, 0.15) is 11.4 Å². The van der Waals surface area contributed by atoms with E-state index in [1.54, 1.807) is 6.92 Å². The van der Waals surface area contributed by atoms with E-state index in [0.29, 0.717) is 29.1 Å². The van der Waals surface area contributed by atoms with Crippen LogP contribution < -0.4 is 4.74 Å². The number of benzene rings is 2. The van der Waals surface area contributed by atoms with E-state index in [9.17, 15) is 18.7 Å². The minimum Gasteiger partial charge on any atom is -0.493 e. The van der Waals surface area contributed by atoms with Crippen LogP contribution in [-0.2, 0) is 22.5 Å². The maximum Gasteiger partial charge on any atom is 0.337 e. The number of ether oxygens (including phenoxy) is 2. The van der Waals surface area contributed by atoms with Crippen LogP contribution in [0.15, 0.2) is 48.7 Å². The molecule has 4 aromatic rings. The first-order valence-electron chi connectivity index (χ1n) is 12.6. The van der Waals surface area contributed by atoms with E-state index in [4.69, 9.17) is 14.5 Å². The molecule has 3 heterocycles. The fourth-order valence-electron chi connectivity index (χ4n) is 5.03. The number of carbonyl (C=O) groups is 1. The van der Waals surface area contributed by atoms with Crippen LogP contribution in [0.3, 0.4) is 0 Å². The first-order valence-corrected chi connectivity index (χ1v) is 12.6. The van der Waals surface area contributed by atoms with E-state index in [0.717, 1.165) is 46.7 Å². The van der Waals surface area contributed by atoms with E-state index in [1.807, 2.05) is 49.7 Å². The number of aliphatic carboxylic acids is 1. The van der Waals surface area contributed by atoms with Gasteiger partial charge in [-0.2, -0.15) is 0 Å². The lowest BCUT2D eigenvalue weighted by atomic mass is 9.90. The van der Waals surface area contributed by atoms with Gasteiger partial charge >= 0.3 is 5.97 Å². The molecule has 198 valence electrons. The lowest BCUT2D eigenvalue weighted by Gasteiger charge is -2.28. The number of carboxylic acids is 1. The molecule has 0 saturated heterocycles. The summed E-state index contributed by atoms with van der Waals surface area (Å²) in [6, 6.07) is 11.6. The molecular formula is C30H30F2N2O4. The number of aryl methyl sites for hydroxylation is 2. The topological polar surface area (TPSA) is 73.6 Å². The van der Waals surface area contributed by atoms with Gasteiger partial charge in [-0.05, 0) is 87.6 Å². The molecule has 2 aromatic carbocycles. The average Bonchev–Trinajstić information content (AvgIpc) is 3.25. The van der Waals surface area contributed by atoms with Crippen molar-refractivity contribution in [1.82, 2.24) is 9.55 Å².